The number of nitrogens with one attached hydrogen (secondary N) is 2. The van der Waals surface area contributed by atoms with Gasteiger partial charge in [0.1, 0.15) is 12.0 Å². The van der Waals surface area contributed by atoms with Crippen LogP contribution in [-0.2, 0) is 0 Å². The van der Waals surface area contributed by atoms with Crippen LogP contribution in [-0.4, -0.2) is 15.9 Å². The fourth-order valence-corrected chi connectivity index (χ4v) is 3.65. The highest BCUT2D eigenvalue weighted by Gasteiger charge is 2.33. The second-order valence-corrected chi connectivity index (χ2v) is 6.49. The van der Waals surface area contributed by atoms with Gasteiger partial charge in [-0.15, -0.1) is 0 Å². The van der Waals surface area contributed by atoms with Gasteiger partial charge in [-0.1, -0.05) is 30.3 Å². The van der Waals surface area contributed by atoms with Gasteiger partial charge in [0.25, 0.3) is 0 Å². The third-order valence-corrected chi connectivity index (χ3v) is 4.91. The average Bonchev–Trinajstić information content (AvgIpc) is 3.29. The molecule has 6 nitrogen and oxygen atoms in total. The van der Waals surface area contributed by atoms with E-state index in [1.165, 1.54) is 0 Å². The number of anilines is 3. The molecule has 1 amide bonds. The Labute approximate surface area is 155 Å². The SMILES string of the molecule is NC(=O)c1ccnc(N2c3ccccc3NC2c2c[nH]c3ccccc23)c1. The predicted molar refractivity (Wildman–Crippen MR) is 106 cm³/mol. The number of carbonyl (C=O) groups excluding carboxylic acids is 1. The summed E-state index contributed by atoms with van der Waals surface area (Å²) in [5.41, 5.74) is 10.1. The van der Waals surface area contributed by atoms with Gasteiger partial charge in [-0.05, 0) is 30.3 Å². The zero-order valence-electron chi connectivity index (χ0n) is 14.4. The highest BCUT2D eigenvalue weighted by atomic mass is 16.1. The van der Waals surface area contributed by atoms with Gasteiger partial charge in [0.2, 0.25) is 5.91 Å². The maximum absolute atomic E-state index is 11.7. The molecule has 0 spiro atoms. The number of rotatable bonds is 3. The van der Waals surface area contributed by atoms with Gasteiger partial charge < -0.3 is 16.0 Å². The van der Waals surface area contributed by atoms with Crippen LogP contribution in [0.2, 0.25) is 0 Å². The van der Waals surface area contributed by atoms with E-state index in [2.05, 4.69) is 32.3 Å². The van der Waals surface area contributed by atoms with Crippen molar-refractivity contribution in [1.82, 2.24) is 9.97 Å². The standard InChI is InChI=1S/C21H17N5O/c22-20(27)13-9-10-23-19(11-13)26-18-8-4-3-7-17(18)25-21(26)15-12-24-16-6-2-1-5-14(15)16/h1-12,21,24-25H,(H2,22,27). The Bertz CT molecular complexity index is 1170. The molecule has 5 rings (SSSR count). The number of amides is 1. The van der Waals surface area contributed by atoms with E-state index in [-0.39, 0.29) is 6.17 Å². The number of nitrogens with two attached hydrogens (primary N) is 1. The van der Waals surface area contributed by atoms with Crippen molar-refractivity contribution in [2.75, 3.05) is 10.2 Å². The van der Waals surface area contributed by atoms with Crippen molar-refractivity contribution in [2.45, 2.75) is 6.17 Å². The normalized spacial score (nSPS) is 15.6. The summed E-state index contributed by atoms with van der Waals surface area (Å²) in [4.78, 5) is 21.6. The van der Waals surface area contributed by atoms with Crippen LogP contribution in [0.4, 0.5) is 17.2 Å². The van der Waals surface area contributed by atoms with E-state index >= 15 is 0 Å². The largest absolute Gasteiger partial charge is 0.366 e. The van der Waals surface area contributed by atoms with Crippen LogP contribution < -0.4 is 16.0 Å². The Balaban J connectivity index is 1.69. The lowest BCUT2D eigenvalue weighted by atomic mass is 10.1. The monoisotopic (exact) mass is 355 g/mol. The molecule has 27 heavy (non-hydrogen) atoms. The molecular weight excluding hydrogens is 338 g/mol. The summed E-state index contributed by atoms with van der Waals surface area (Å²) in [6.45, 7) is 0. The molecule has 1 aliphatic rings. The number of H-pyrrole nitrogens is 1. The quantitative estimate of drug-likeness (QED) is 0.520. The van der Waals surface area contributed by atoms with E-state index in [9.17, 15) is 4.79 Å². The summed E-state index contributed by atoms with van der Waals surface area (Å²) in [6, 6.07) is 19.6. The second kappa shape index (κ2) is 5.88. The van der Waals surface area contributed by atoms with Gasteiger partial charge >= 0.3 is 0 Å². The lowest BCUT2D eigenvalue weighted by Crippen LogP contribution is -2.24. The van der Waals surface area contributed by atoms with E-state index in [1.807, 2.05) is 42.6 Å². The second-order valence-electron chi connectivity index (χ2n) is 6.49. The van der Waals surface area contributed by atoms with Gasteiger partial charge in [0.05, 0.1) is 11.4 Å². The van der Waals surface area contributed by atoms with Crippen LogP contribution in [0.15, 0.2) is 73.1 Å². The first-order chi connectivity index (χ1) is 13.2. The molecule has 0 radical (unpaired) electrons. The van der Waals surface area contributed by atoms with E-state index in [0.717, 1.165) is 27.8 Å². The van der Waals surface area contributed by atoms with Crippen molar-refractivity contribution >= 4 is 34.0 Å². The molecule has 0 bridgehead atoms. The Morgan fingerprint density at radius 3 is 2.78 bits per heavy atom. The Morgan fingerprint density at radius 2 is 1.89 bits per heavy atom. The molecule has 3 heterocycles. The van der Waals surface area contributed by atoms with E-state index in [0.29, 0.717) is 11.4 Å². The third-order valence-electron chi connectivity index (χ3n) is 4.91. The Hall–Kier alpha value is -3.80. The maximum atomic E-state index is 11.7. The first kappa shape index (κ1) is 15.5. The molecule has 0 saturated carbocycles. The number of benzene rings is 2. The first-order valence-electron chi connectivity index (χ1n) is 8.69. The lowest BCUT2D eigenvalue weighted by Gasteiger charge is -2.26. The number of nitrogens with zero attached hydrogens (tertiary/aromatic N) is 2. The molecule has 0 aliphatic carbocycles. The van der Waals surface area contributed by atoms with Crippen molar-refractivity contribution in [2.24, 2.45) is 5.73 Å². The van der Waals surface area contributed by atoms with Gasteiger partial charge in [-0.2, -0.15) is 0 Å². The summed E-state index contributed by atoms with van der Waals surface area (Å²) in [5, 5.41) is 4.71. The van der Waals surface area contributed by atoms with Crippen LogP contribution in [0.1, 0.15) is 22.1 Å². The topological polar surface area (TPSA) is 87.0 Å². The van der Waals surface area contributed by atoms with E-state index in [1.54, 1.807) is 18.3 Å². The third kappa shape index (κ3) is 2.42. The van der Waals surface area contributed by atoms with E-state index in [4.69, 9.17) is 5.73 Å². The minimum atomic E-state index is -0.470. The average molecular weight is 355 g/mol. The highest BCUT2D eigenvalue weighted by molar-refractivity contribution is 5.94. The maximum Gasteiger partial charge on any atom is 0.248 e. The van der Waals surface area contributed by atoms with Crippen molar-refractivity contribution in [3.63, 3.8) is 0 Å². The molecule has 6 heteroatoms. The number of para-hydroxylation sites is 3. The van der Waals surface area contributed by atoms with Crippen LogP contribution in [0.25, 0.3) is 10.9 Å². The van der Waals surface area contributed by atoms with Gasteiger partial charge in [-0.3, -0.25) is 9.69 Å². The molecule has 4 N–H and O–H groups in total. The summed E-state index contributed by atoms with van der Waals surface area (Å²) >= 11 is 0. The van der Waals surface area contributed by atoms with Crippen molar-refractivity contribution in [3.05, 3.63) is 84.2 Å². The fraction of sp³-hybridized carbons (Fsp3) is 0.0476. The van der Waals surface area contributed by atoms with Gasteiger partial charge in [0.15, 0.2) is 0 Å². The highest BCUT2D eigenvalue weighted by Crippen LogP contribution is 2.46. The number of fused-ring (bicyclic) bond motifs is 2. The number of aromatic amines is 1. The van der Waals surface area contributed by atoms with Crippen molar-refractivity contribution < 1.29 is 4.79 Å². The summed E-state index contributed by atoms with van der Waals surface area (Å²) in [5.74, 6) is 0.196. The number of hydrogen-bond acceptors (Lipinski definition) is 4. The number of primary amides is 1. The summed E-state index contributed by atoms with van der Waals surface area (Å²) < 4.78 is 0. The minimum absolute atomic E-state index is 0.158. The van der Waals surface area contributed by atoms with E-state index < -0.39 is 5.91 Å². The van der Waals surface area contributed by atoms with Gasteiger partial charge in [-0.25, -0.2) is 4.98 Å². The Morgan fingerprint density at radius 1 is 1.07 bits per heavy atom. The molecule has 1 atom stereocenters. The number of aromatic nitrogens is 2. The molecule has 0 fully saturated rings. The molecular formula is C21H17N5O. The molecule has 132 valence electrons. The minimum Gasteiger partial charge on any atom is -0.366 e. The number of hydrogen-bond donors (Lipinski definition) is 3. The lowest BCUT2D eigenvalue weighted by molar-refractivity contribution is 0.1000. The van der Waals surface area contributed by atoms with Crippen LogP contribution in [0.5, 0.6) is 0 Å². The zero-order chi connectivity index (χ0) is 18.4. The first-order valence-corrected chi connectivity index (χ1v) is 8.69. The van der Waals surface area contributed by atoms with Crippen LogP contribution in [0.3, 0.4) is 0 Å². The molecule has 1 aliphatic heterocycles. The number of carbonyl (C=O) groups is 1. The van der Waals surface area contributed by atoms with Crippen LogP contribution >= 0.6 is 0 Å². The predicted octanol–water partition coefficient (Wildman–Crippen LogP) is 3.92. The van der Waals surface area contributed by atoms with Crippen molar-refractivity contribution in [3.8, 4) is 0 Å². The smallest absolute Gasteiger partial charge is 0.248 e. The Kier molecular flexibility index (Phi) is 3.36. The molecule has 1 unspecified atom stereocenters. The summed E-state index contributed by atoms with van der Waals surface area (Å²) in [7, 11) is 0. The summed E-state index contributed by atoms with van der Waals surface area (Å²) in [6.07, 6.45) is 3.47. The molecule has 2 aromatic carbocycles. The zero-order valence-corrected chi connectivity index (χ0v) is 14.4. The van der Waals surface area contributed by atoms with Crippen molar-refractivity contribution in [1.29, 1.82) is 0 Å². The number of pyridine rings is 1. The van der Waals surface area contributed by atoms with Crippen LogP contribution in [0, 0.1) is 0 Å². The molecule has 2 aromatic heterocycles. The molecule has 0 saturated heterocycles. The fourth-order valence-electron chi connectivity index (χ4n) is 3.65. The molecule has 4 aromatic rings. The van der Waals surface area contributed by atoms with Gasteiger partial charge in [0, 0.05) is 34.4 Å².